The van der Waals surface area contributed by atoms with Crippen LogP contribution in [0.1, 0.15) is 22.3 Å². The molecule has 1 heterocycles. The van der Waals surface area contributed by atoms with Crippen molar-refractivity contribution < 1.29 is 9.53 Å². The van der Waals surface area contributed by atoms with Crippen molar-refractivity contribution >= 4 is 46.2 Å². The predicted octanol–water partition coefficient (Wildman–Crippen LogP) is 6.43. The summed E-state index contributed by atoms with van der Waals surface area (Å²) in [6.45, 7) is 4.43. The van der Waals surface area contributed by atoms with E-state index in [1.165, 1.54) is 11.8 Å². The molecule has 1 amide bonds. The van der Waals surface area contributed by atoms with Crippen molar-refractivity contribution in [2.24, 2.45) is 4.99 Å². The second-order valence-electron chi connectivity index (χ2n) is 7.22. The first-order valence-corrected chi connectivity index (χ1v) is 11.0. The average molecular weight is 449 g/mol. The Balaban J connectivity index is 1.43. The number of nitrogens with zero attached hydrogens (tertiary/aromatic N) is 1. The highest BCUT2D eigenvalue weighted by atomic mass is 35.5. The molecule has 0 saturated carbocycles. The van der Waals surface area contributed by atoms with Gasteiger partial charge in [-0.25, -0.2) is 4.99 Å². The van der Waals surface area contributed by atoms with E-state index in [-0.39, 0.29) is 5.91 Å². The number of halogens is 1. The summed E-state index contributed by atoms with van der Waals surface area (Å²) < 4.78 is 5.81. The second-order valence-corrected chi connectivity index (χ2v) is 8.66. The summed E-state index contributed by atoms with van der Waals surface area (Å²) in [5.74, 6) is 0.593. The zero-order valence-corrected chi connectivity index (χ0v) is 18.8. The van der Waals surface area contributed by atoms with Crippen LogP contribution in [0.4, 0.5) is 5.69 Å². The Bertz CT molecular complexity index is 1190. The predicted molar refractivity (Wildman–Crippen MR) is 129 cm³/mol. The number of rotatable bonds is 5. The van der Waals surface area contributed by atoms with Crippen molar-refractivity contribution in [2.75, 3.05) is 0 Å². The largest absolute Gasteiger partial charge is 0.489 e. The average Bonchev–Trinajstić information content (AvgIpc) is 3.10. The van der Waals surface area contributed by atoms with Gasteiger partial charge in [-0.1, -0.05) is 54.1 Å². The maximum Gasteiger partial charge on any atom is 0.264 e. The van der Waals surface area contributed by atoms with Crippen LogP contribution in [0.15, 0.2) is 76.6 Å². The summed E-state index contributed by atoms with van der Waals surface area (Å²) in [5.41, 5.74) is 4.91. The second kappa shape index (κ2) is 9.41. The molecular formula is C25H21ClN2O2S. The SMILES string of the molecule is Cc1ccc(C)c(N=C2NC(=O)C(=Cc3ccc(OCc4ccccc4Cl)cc3)S2)c1. The molecule has 3 aromatic carbocycles. The van der Waals surface area contributed by atoms with Gasteiger partial charge < -0.3 is 10.1 Å². The molecule has 156 valence electrons. The maximum absolute atomic E-state index is 12.4. The number of aliphatic imine (C=N–C) groups is 1. The van der Waals surface area contributed by atoms with Crippen LogP contribution in [0.5, 0.6) is 5.75 Å². The van der Waals surface area contributed by atoms with E-state index in [2.05, 4.69) is 10.3 Å². The molecule has 31 heavy (non-hydrogen) atoms. The minimum Gasteiger partial charge on any atom is -0.489 e. The highest BCUT2D eigenvalue weighted by Crippen LogP contribution is 2.30. The van der Waals surface area contributed by atoms with Crippen LogP contribution >= 0.6 is 23.4 Å². The monoisotopic (exact) mass is 448 g/mol. The summed E-state index contributed by atoms with van der Waals surface area (Å²) in [6, 6.07) is 21.3. The minimum atomic E-state index is -0.145. The Kier molecular flexibility index (Phi) is 6.44. The van der Waals surface area contributed by atoms with Gasteiger partial charge in [-0.3, -0.25) is 4.79 Å². The van der Waals surface area contributed by atoms with Crippen molar-refractivity contribution in [1.29, 1.82) is 0 Å². The molecule has 0 radical (unpaired) electrons. The van der Waals surface area contributed by atoms with Gasteiger partial charge in [0.05, 0.1) is 10.6 Å². The number of ether oxygens (including phenoxy) is 1. The molecule has 4 rings (SSSR count). The number of hydrogen-bond donors (Lipinski definition) is 1. The van der Waals surface area contributed by atoms with Crippen molar-refractivity contribution in [3.63, 3.8) is 0 Å². The summed E-state index contributed by atoms with van der Waals surface area (Å²) in [4.78, 5) is 17.6. The Hall–Kier alpha value is -3.02. The Morgan fingerprint density at radius 3 is 2.61 bits per heavy atom. The molecule has 0 bridgehead atoms. The van der Waals surface area contributed by atoms with Crippen LogP contribution in [0, 0.1) is 13.8 Å². The first kappa shape index (κ1) is 21.2. The lowest BCUT2D eigenvalue weighted by atomic mass is 10.1. The minimum absolute atomic E-state index is 0.145. The fourth-order valence-corrected chi connectivity index (χ4v) is 4.04. The van der Waals surface area contributed by atoms with Crippen LogP contribution in [0.25, 0.3) is 6.08 Å². The van der Waals surface area contributed by atoms with E-state index in [9.17, 15) is 4.79 Å². The standard InChI is InChI=1S/C25H21ClN2O2S/c1-16-7-8-17(2)22(13-16)27-25-28-24(29)23(31-25)14-18-9-11-20(12-10-18)30-15-19-5-3-4-6-21(19)26/h3-14H,15H2,1-2H3,(H,27,28,29). The van der Waals surface area contributed by atoms with E-state index in [4.69, 9.17) is 16.3 Å². The van der Waals surface area contributed by atoms with Crippen LogP contribution in [-0.2, 0) is 11.4 Å². The van der Waals surface area contributed by atoms with Gasteiger partial charge in [0.15, 0.2) is 5.17 Å². The van der Waals surface area contributed by atoms with Gasteiger partial charge in [0.25, 0.3) is 5.91 Å². The number of amidine groups is 1. The smallest absolute Gasteiger partial charge is 0.264 e. The highest BCUT2D eigenvalue weighted by Gasteiger charge is 2.24. The third-order valence-electron chi connectivity index (χ3n) is 4.77. The maximum atomic E-state index is 12.4. The van der Waals surface area contributed by atoms with Crippen molar-refractivity contribution in [3.8, 4) is 5.75 Å². The fourth-order valence-electron chi connectivity index (χ4n) is 3.02. The van der Waals surface area contributed by atoms with Gasteiger partial charge in [-0.2, -0.15) is 0 Å². The molecule has 6 heteroatoms. The lowest BCUT2D eigenvalue weighted by molar-refractivity contribution is -0.115. The number of carbonyl (C=O) groups is 1. The van der Waals surface area contributed by atoms with Gasteiger partial charge in [-0.15, -0.1) is 0 Å². The number of carbonyl (C=O) groups excluding carboxylic acids is 1. The topological polar surface area (TPSA) is 50.7 Å². The van der Waals surface area contributed by atoms with Crippen LogP contribution in [0.3, 0.4) is 0 Å². The van der Waals surface area contributed by atoms with Crippen LogP contribution in [0.2, 0.25) is 5.02 Å². The van der Waals surface area contributed by atoms with E-state index in [0.717, 1.165) is 33.7 Å². The van der Waals surface area contributed by atoms with E-state index >= 15 is 0 Å². The Morgan fingerprint density at radius 1 is 1.06 bits per heavy atom. The highest BCUT2D eigenvalue weighted by molar-refractivity contribution is 8.18. The Labute approximate surface area is 191 Å². The first-order chi connectivity index (χ1) is 15.0. The van der Waals surface area contributed by atoms with Crippen LogP contribution in [-0.4, -0.2) is 11.1 Å². The third-order valence-corrected chi connectivity index (χ3v) is 6.05. The molecule has 1 saturated heterocycles. The first-order valence-electron chi connectivity index (χ1n) is 9.81. The zero-order valence-electron chi connectivity index (χ0n) is 17.2. The summed E-state index contributed by atoms with van der Waals surface area (Å²) in [7, 11) is 0. The molecule has 1 aliphatic heterocycles. The fraction of sp³-hybridized carbons (Fsp3) is 0.120. The summed E-state index contributed by atoms with van der Waals surface area (Å²) >= 11 is 7.51. The van der Waals surface area contributed by atoms with Gasteiger partial charge in [-0.05, 0) is 72.6 Å². The Morgan fingerprint density at radius 2 is 1.84 bits per heavy atom. The van der Waals surface area contributed by atoms with Gasteiger partial charge in [0.1, 0.15) is 12.4 Å². The lowest BCUT2D eigenvalue weighted by Gasteiger charge is -2.08. The molecule has 1 aliphatic rings. The molecule has 0 atom stereocenters. The lowest BCUT2D eigenvalue weighted by Crippen LogP contribution is -2.19. The molecule has 0 unspecified atom stereocenters. The molecule has 1 N–H and O–H groups in total. The van der Waals surface area contributed by atoms with Gasteiger partial charge >= 0.3 is 0 Å². The van der Waals surface area contributed by atoms with Crippen molar-refractivity contribution in [1.82, 2.24) is 5.32 Å². The van der Waals surface area contributed by atoms with E-state index in [1.807, 2.05) is 86.7 Å². The normalized spacial score (nSPS) is 16.0. The number of nitrogens with one attached hydrogen (secondary N) is 1. The number of hydrogen-bond acceptors (Lipinski definition) is 4. The molecule has 4 nitrogen and oxygen atoms in total. The van der Waals surface area contributed by atoms with Gasteiger partial charge in [0.2, 0.25) is 0 Å². The quantitative estimate of drug-likeness (QED) is 0.457. The molecule has 0 aromatic heterocycles. The molecule has 0 aliphatic carbocycles. The van der Waals surface area contributed by atoms with Crippen LogP contribution < -0.4 is 10.1 Å². The van der Waals surface area contributed by atoms with Crippen molar-refractivity contribution in [2.45, 2.75) is 20.5 Å². The number of thioether (sulfide) groups is 1. The summed E-state index contributed by atoms with van der Waals surface area (Å²) in [6.07, 6.45) is 1.85. The van der Waals surface area contributed by atoms with Gasteiger partial charge in [0, 0.05) is 10.6 Å². The molecule has 0 spiro atoms. The molecular weight excluding hydrogens is 428 g/mol. The number of amides is 1. The molecule has 3 aromatic rings. The van der Waals surface area contributed by atoms with E-state index in [0.29, 0.717) is 21.7 Å². The van der Waals surface area contributed by atoms with E-state index in [1.54, 1.807) is 0 Å². The number of benzene rings is 3. The van der Waals surface area contributed by atoms with E-state index < -0.39 is 0 Å². The summed E-state index contributed by atoms with van der Waals surface area (Å²) in [5, 5.41) is 4.12. The van der Waals surface area contributed by atoms with Crippen molar-refractivity contribution in [3.05, 3.63) is 98.9 Å². The number of aryl methyl sites for hydroxylation is 2. The zero-order chi connectivity index (χ0) is 21.8. The third kappa shape index (κ3) is 5.37. The molecule has 1 fully saturated rings.